The van der Waals surface area contributed by atoms with Crippen molar-refractivity contribution in [3.05, 3.63) is 63.1 Å². The van der Waals surface area contributed by atoms with Gasteiger partial charge in [0.2, 0.25) is 5.91 Å². The first-order valence-corrected chi connectivity index (χ1v) is 10.5. The van der Waals surface area contributed by atoms with Crippen LogP contribution in [0.1, 0.15) is 22.5 Å². The largest absolute Gasteiger partial charge is 0.367 e. The molecule has 154 valence electrons. The lowest BCUT2D eigenvalue weighted by Gasteiger charge is -2.36. The van der Waals surface area contributed by atoms with Gasteiger partial charge in [0.1, 0.15) is 0 Å². The fourth-order valence-electron chi connectivity index (χ4n) is 3.73. The number of nitrogens with zero attached hydrogens (tertiary/aromatic N) is 4. The molecule has 0 unspecified atom stereocenters. The Morgan fingerprint density at radius 3 is 2.57 bits per heavy atom. The van der Waals surface area contributed by atoms with Crippen molar-refractivity contribution in [1.29, 1.82) is 0 Å². The van der Waals surface area contributed by atoms with Crippen LogP contribution >= 0.6 is 11.3 Å². The lowest BCUT2D eigenvalue weighted by atomic mass is 10.1. The number of rotatable bonds is 6. The molecule has 1 aliphatic rings. The van der Waals surface area contributed by atoms with E-state index in [2.05, 4.69) is 9.88 Å². The summed E-state index contributed by atoms with van der Waals surface area (Å²) in [5.74, 6) is -0.0136. The molecule has 0 atom stereocenters. The maximum absolute atomic E-state index is 12.5. The van der Waals surface area contributed by atoms with Gasteiger partial charge in [-0.3, -0.25) is 24.7 Å². The Bertz CT molecular complexity index is 1090. The van der Waals surface area contributed by atoms with Gasteiger partial charge in [0.05, 0.1) is 15.2 Å². The molecule has 1 aliphatic heterocycles. The van der Waals surface area contributed by atoms with Crippen LogP contribution in [0.3, 0.4) is 0 Å². The first-order chi connectivity index (χ1) is 14.5. The van der Waals surface area contributed by atoms with Crippen molar-refractivity contribution >= 4 is 45.2 Å². The number of amides is 1. The number of nitro groups is 1. The fourth-order valence-corrected chi connectivity index (χ4v) is 4.42. The van der Waals surface area contributed by atoms with Crippen molar-refractivity contribution in [2.45, 2.75) is 12.8 Å². The molecule has 0 aliphatic carbocycles. The quantitative estimate of drug-likeness (QED) is 0.341. The second kappa shape index (κ2) is 8.58. The second-order valence-corrected chi connectivity index (χ2v) is 8.00. The summed E-state index contributed by atoms with van der Waals surface area (Å²) in [6, 6.07) is 8.66. The van der Waals surface area contributed by atoms with Crippen LogP contribution in [0, 0.1) is 10.1 Å². The van der Waals surface area contributed by atoms with Gasteiger partial charge in [-0.1, -0.05) is 6.07 Å². The number of fused-ring (bicyclic) bond motifs is 1. The van der Waals surface area contributed by atoms with Crippen LogP contribution in [0.25, 0.3) is 10.8 Å². The number of Topliss-reactive ketones (excluding diaryl/α,β-unsaturated/α-hetero) is 1. The zero-order valence-electron chi connectivity index (χ0n) is 16.2. The van der Waals surface area contributed by atoms with Gasteiger partial charge in [-0.2, -0.15) is 0 Å². The third kappa shape index (κ3) is 4.02. The molecule has 1 fully saturated rings. The number of pyridine rings is 1. The van der Waals surface area contributed by atoms with E-state index in [4.69, 9.17) is 0 Å². The molecule has 0 radical (unpaired) electrons. The normalized spacial score (nSPS) is 14.1. The van der Waals surface area contributed by atoms with Crippen LogP contribution in [-0.2, 0) is 4.79 Å². The van der Waals surface area contributed by atoms with E-state index in [-0.39, 0.29) is 30.2 Å². The summed E-state index contributed by atoms with van der Waals surface area (Å²) in [5, 5.41) is 14.4. The topological polar surface area (TPSA) is 96.7 Å². The Labute approximate surface area is 176 Å². The van der Waals surface area contributed by atoms with Gasteiger partial charge in [-0.15, -0.1) is 11.3 Å². The molecule has 0 N–H and O–H groups in total. The van der Waals surface area contributed by atoms with Crippen LogP contribution in [-0.4, -0.2) is 52.7 Å². The number of carbonyl (C=O) groups is 2. The second-order valence-electron chi connectivity index (χ2n) is 7.05. The van der Waals surface area contributed by atoms with Gasteiger partial charge in [0.25, 0.3) is 5.69 Å². The Hall–Kier alpha value is -3.33. The van der Waals surface area contributed by atoms with E-state index in [1.54, 1.807) is 29.3 Å². The molecular formula is C21H20N4O4S. The Morgan fingerprint density at radius 1 is 1.07 bits per heavy atom. The van der Waals surface area contributed by atoms with Crippen LogP contribution in [0.5, 0.6) is 0 Å². The molecule has 1 amide bonds. The minimum Gasteiger partial charge on any atom is -0.367 e. The predicted octanol–water partition coefficient (Wildman–Crippen LogP) is 3.52. The molecular weight excluding hydrogens is 404 g/mol. The van der Waals surface area contributed by atoms with Gasteiger partial charge >= 0.3 is 0 Å². The summed E-state index contributed by atoms with van der Waals surface area (Å²) in [7, 11) is 0. The van der Waals surface area contributed by atoms with Crippen LogP contribution in [0.2, 0.25) is 0 Å². The number of nitro benzene ring substituents is 1. The van der Waals surface area contributed by atoms with Crippen LogP contribution in [0.4, 0.5) is 11.4 Å². The van der Waals surface area contributed by atoms with Crippen molar-refractivity contribution in [3.63, 3.8) is 0 Å². The van der Waals surface area contributed by atoms with Crippen molar-refractivity contribution in [2.75, 3.05) is 31.1 Å². The molecule has 8 nitrogen and oxygen atoms in total. The number of piperazine rings is 1. The first kappa shape index (κ1) is 20.0. The van der Waals surface area contributed by atoms with Gasteiger partial charge in [-0.05, 0) is 23.6 Å². The summed E-state index contributed by atoms with van der Waals surface area (Å²) in [6.45, 7) is 2.35. The molecule has 0 bridgehead atoms. The van der Waals surface area contributed by atoms with Crippen LogP contribution in [0.15, 0.2) is 48.1 Å². The molecule has 2 aromatic heterocycles. The third-order valence-corrected chi connectivity index (χ3v) is 6.21. The summed E-state index contributed by atoms with van der Waals surface area (Å²) in [6.07, 6.45) is 3.57. The monoisotopic (exact) mass is 424 g/mol. The predicted molar refractivity (Wildman–Crippen MR) is 115 cm³/mol. The van der Waals surface area contributed by atoms with Gasteiger partial charge in [0.15, 0.2) is 5.78 Å². The number of non-ortho nitro benzene ring substituents is 1. The number of anilines is 1. The average molecular weight is 424 g/mol. The van der Waals surface area contributed by atoms with E-state index in [0.29, 0.717) is 36.4 Å². The first-order valence-electron chi connectivity index (χ1n) is 9.65. The molecule has 1 aromatic carbocycles. The lowest BCUT2D eigenvalue weighted by Crippen LogP contribution is -2.48. The molecule has 4 rings (SSSR count). The van der Waals surface area contributed by atoms with Crippen molar-refractivity contribution < 1.29 is 14.5 Å². The molecule has 9 heteroatoms. The maximum atomic E-state index is 12.5. The van der Waals surface area contributed by atoms with Crippen molar-refractivity contribution in [1.82, 2.24) is 9.88 Å². The number of hydrogen-bond donors (Lipinski definition) is 0. The Morgan fingerprint density at radius 2 is 1.87 bits per heavy atom. The molecule has 0 saturated carbocycles. The highest BCUT2D eigenvalue weighted by Crippen LogP contribution is 2.33. The van der Waals surface area contributed by atoms with E-state index < -0.39 is 4.92 Å². The highest BCUT2D eigenvalue weighted by atomic mass is 32.1. The average Bonchev–Trinajstić information content (AvgIpc) is 3.31. The lowest BCUT2D eigenvalue weighted by molar-refractivity contribution is -0.383. The molecule has 3 aromatic rings. The molecule has 1 saturated heterocycles. The molecule has 0 spiro atoms. The SMILES string of the molecule is O=C(CCC(=O)N1CCN(c2ccc([N+](=O)[O-])c3cnccc23)CC1)c1cccs1. The highest BCUT2D eigenvalue weighted by molar-refractivity contribution is 7.12. The standard InChI is InChI=1S/C21H20N4O4S/c26-19(20-2-1-13-30-20)5-6-21(27)24-11-9-23(10-12-24)17-3-4-18(25(28)29)16-14-22-8-7-15(16)17/h1-4,7-8,13-14H,5-6,9-12H2. The maximum Gasteiger partial charge on any atom is 0.278 e. The van der Waals surface area contributed by atoms with Gasteiger partial charge in [-0.25, -0.2) is 0 Å². The smallest absolute Gasteiger partial charge is 0.278 e. The van der Waals surface area contributed by atoms with Gasteiger partial charge < -0.3 is 9.80 Å². The summed E-state index contributed by atoms with van der Waals surface area (Å²) >= 11 is 1.39. The Kier molecular flexibility index (Phi) is 5.71. The number of carbonyl (C=O) groups excluding carboxylic acids is 2. The molecule has 30 heavy (non-hydrogen) atoms. The van der Waals surface area contributed by atoms with Crippen molar-refractivity contribution in [2.24, 2.45) is 0 Å². The van der Waals surface area contributed by atoms with Gasteiger partial charge in [0, 0.05) is 68.6 Å². The summed E-state index contributed by atoms with van der Waals surface area (Å²) in [5.41, 5.74) is 0.934. The minimum absolute atomic E-state index is 0.00273. The van der Waals surface area contributed by atoms with E-state index in [0.717, 1.165) is 11.1 Å². The van der Waals surface area contributed by atoms with E-state index >= 15 is 0 Å². The summed E-state index contributed by atoms with van der Waals surface area (Å²) < 4.78 is 0. The summed E-state index contributed by atoms with van der Waals surface area (Å²) in [4.78, 5) is 44.2. The minimum atomic E-state index is -0.401. The number of thiophene rings is 1. The van der Waals surface area contributed by atoms with Crippen LogP contribution < -0.4 is 4.90 Å². The number of hydrogen-bond acceptors (Lipinski definition) is 7. The zero-order valence-corrected chi connectivity index (χ0v) is 17.0. The highest BCUT2D eigenvalue weighted by Gasteiger charge is 2.24. The zero-order chi connectivity index (χ0) is 21.1. The van der Waals surface area contributed by atoms with E-state index in [1.165, 1.54) is 23.6 Å². The number of benzene rings is 1. The third-order valence-electron chi connectivity index (χ3n) is 5.30. The van der Waals surface area contributed by atoms with Crippen molar-refractivity contribution in [3.8, 4) is 0 Å². The molecule has 3 heterocycles. The number of ketones is 1. The number of aromatic nitrogens is 1. The van der Waals surface area contributed by atoms with E-state index in [9.17, 15) is 19.7 Å². The fraction of sp³-hybridized carbons (Fsp3) is 0.286. The van der Waals surface area contributed by atoms with E-state index in [1.807, 2.05) is 11.4 Å². The Balaban J connectivity index is 1.40.